The minimum Gasteiger partial charge on any atom is -0.492 e. The van der Waals surface area contributed by atoms with E-state index in [-0.39, 0.29) is 5.97 Å². The Balaban J connectivity index is 1.70. The van der Waals surface area contributed by atoms with Crippen molar-refractivity contribution >= 4 is 11.5 Å². The fourth-order valence-corrected chi connectivity index (χ4v) is 3.31. The van der Waals surface area contributed by atoms with Gasteiger partial charge < -0.3 is 14.4 Å². The Labute approximate surface area is 191 Å². The number of hydrogen-bond donors (Lipinski definition) is 0. The maximum Gasteiger partial charge on any atom is 0.308 e. The lowest BCUT2D eigenvalue weighted by molar-refractivity contribution is -0.131. The Kier molecular flexibility index (Phi) is 8.64. The topological polar surface area (TPSA) is 38.8 Å². The molecule has 0 aromatic heterocycles. The molecule has 0 heterocycles. The predicted octanol–water partition coefficient (Wildman–Crippen LogP) is 5.42. The number of esters is 1. The van der Waals surface area contributed by atoms with Crippen molar-refractivity contribution in [3.05, 3.63) is 102 Å². The van der Waals surface area contributed by atoms with Gasteiger partial charge in [-0.3, -0.25) is 4.79 Å². The predicted molar refractivity (Wildman–Crippen MR) is 130 cm³/mol. The summed E-state index contributed by atoms with van der Waals surface area (Å²) in [5, 5.41) is 0. The van der Waals surface area contributed by atoms with Crippen LogP contribution in [0.4, 0.5) is 0 Å². The molecule has 0 radical (unpaired) electrons. The molecule has 0 N–H and O–H groups in total. The summed E-state index contributed by atoms with van der Waals surface area (Å²) < 4.78 is 10.9. The van der Waals surface area contributed by atoms with Crippen molar-refractivity contribution in [3.63, 3.8) is 0 Å². The third kappa shape index (κ3) is 7.71. The van der Waals surface area contributed by atoms with Crippen LogP contribution in [0.1, 0.15) is 23.6 Å². The van der Waals surface area contributed by atoms with Gasteiger partial charge in [0.05, 0.1) is 0 Å². The van der Waals surface area contributed by atoms with Crippen LogP contribution in [0.3, 0.4) is 0 Å². The third-order valence-corrected chi connectivity index (χ3v) is 5.04. The lowest BCUT2D eigenvalue weighted by Gasteiger charge is -2.12. The highest BCUT2D eigenvalue weighted by Gasteiger charge is 2.05. The molecule has 0 fully saturated rings. The van der Waals surface area contributed by atoms with E-state index in [1.165, 1.54) is 29.2 Å². The van der Waals surface area contributed by atoms with Gasteiger partial charge in [0.25, 0.3) is 0 Å². The fourth-order valence-electron chi connectivity index (χ4n) is 3.31. The number of carbonyl (C=O) groups is 1. The van der Waals surface area contributed by atoms with Gasteiger partial charge in [-0.25, -0.2) is 0 Å². The van der Waals surface area contributed by atoms with Crippen molar-refractivity contribution in [2.45, 2.75) is 19.8 Å². The minimum atomic E-state index is -0.309. The summed E-state index contributed by atoms with van der Waals surface area (Å²) >= 11 is 0. The van der Waals surface area contributed by atoms with Crippen molar-refractivity contribution in [2.24, 2.45) is 0 Å². The maximum atomic E-state index is 11.1. The SMILES string of the molecule is CC(=O)Oc1ccc(CC(=CCc2ccc(OCCN(C)C)cc2)c2ccccc2)cc1. The maximum absolute atomic E-state index is 11.1. The third-order valence-electron chi connectivity index (χ3n) is 5.04. The van der Waals surface area contributed by atoms with Gasteiger partial charge in [-0.2, -0.15) is 0 Å². The van der Waals surface area contributed by atoms with E-state index >= 15 is 0 Å². The van der Waals surface area contributed by atoms with Gasteiger partial charge in [0, 0.05) is 13.5 Å². The molecule has 166 valence electrons. The number of nitrogens with zero attached hydrogens (tertiary/aromatic N) is 1. The molecule has 3 rings (SSSR count). The van der Waals surface area contributed by atoms with Crippen LogP contribution in [0.15, 0.2) is 84.9 Å². The molecule has 0 amide bonds. The van der Waals surface area contributed by atoms with Crippen LogP contribution in [-0.4, -0.2) is 38.1 Å². The second-order valence-electron chi connectivity index (χ2n) is 8.01. The van der Waals surface area contributed by atoms with Gasteiger partial charge in [0.2, 0.25) is 0 Å². The molecule has 4 nitrogen and oxygen atoms in total. The Morgan fingerprint density at radius 3 is 2.09 bits per heavy atom. The number of rotatable bonds is 10. The smallest absolute Gasteiger partial charge is 0.308 e. The highest BCUT2D eigenvalue weighted by atomic mass is 16.5. The largest absolute Gasteiger partial charge is 0.492 e. The van der Waals surface area contributed by atoms with Crippen molar-refractivity contribution in [1.29, 1.82) is 0 Å². The fraction of sp³-hybridized carbons (Fsp3) is 0.250. The van der Waals surface area contributed by atoms with Crippen molar-refractivity contribution in [2.75, 3.05) is 27.2 Å². The van der Waals surface area contributed by atoms with Crippen molar-refractivity contribution in [1.82, 2.24) is 4.90 Å². The van der Waals surface area contributed by atoms with Gasteiger partial charge in [-0.05, 0) is 73.5 Å². The molecule has 32 heavy (non-hydrogen) atoms. The summed E-state index contributed by atoms with van der Waals surface area (Å²) in [5.41, 5.74) is 4.88. The Hall–Kier alpha value is -3.37. The first-order valence-corrected chi connectivity index (χ1v) is 10.9. The molecule has 0 unspecified atom stereocenters. The van der Waals surface area contributed by atoms with E-state index < -0.39 is 0 Å². The lowest BCUT2D eigenvalue weighted by atomic mass is 9.96. The highest BCUT2D eigenvalue weighted by Crippen LogP contribution is 2.23. The first kappa shape index (κ1) is 23.3. The van der Waals surface area contributed by atoms with E-state index in [4.69, 9.17) is 9.47 Å². The van der Waals surface area contributed by atoms with E-state index in [1.807, 2.05) is 56.6 Å². The standard InChI is InChI=1S/C28H31NO3/c1-22(30)32-28-17-12-24(13-18-28)21-26(25-7-5-4-6-8-25)14-9-23-10-15-27(16-11-23)31-20-19-29(2)3/h4-8,10-18H,9,19-21H2,1-3H3. The van der Waals surface area contributed by atoms with Crippen LogP contribution in [0.5, 0.6) is 11.5 Å². The summed E-state index contributed by atoms with van der Waals surface area (Å²) in [6.45, 7) is 2.99. The van der Waals surface area contributed by atoms with E-state index in [9.17, 15) is 4.79 Å². The summed E-state index contributed by atoms with van der Waals surface area (Å²) in [4.78, 5) is 13.2. The number of benzene rings is 3. The highest BCUT2D eigenvalue weighted by molar-refractivity contribution is 5.70. The normalized spacial score (nSPS) is 11.4. The zero-order chi connectivity index (χ0) is 22.8. The molecule has 0 saturated heterocycles. The Bertz CT molecular complexity index is 1010. The second kappa shape index (κ2) is 11.9. The first-order chi connectivity index (χ1) is 15.5. The Morgan fingerprint density at radius 1 is 0.844 bits per heavy atom. The van der Waals surface area contributed by atoms with Crippen LogP contribution in [-0.2, 0) is 17.6 Å². The average molecular weight is 430 g/mol. The number of carbonyl (C=O) groups excluding carboxylic acids is 1. The summed E-state index contributed by atoms with van der Waals surface area (Å²) in [5.74, 6) is 1.16. The van der Waals surface area contributed by atoms with Gasteiger partial charge in [0.1, 0.15) is 18.1 Å². The van der Waals surface area contributed by atoms with Crippen LogP contribution in [0, 0.1) is 0 Å². The molecule has 0 bridgehead atoms. The van der Waals surface area contributed by atoms with Gasteiger partial charge in [-0.1, -0.05) is 60.7 Å². The Morgan fingerprint density at radius 2 is 1.47 bits per heavy atom. The zero-order valence-corrected chi connectivity index (χ0v) is 19.1. The van der Waals surface area contributed by atoms with E-state index in [0.29, 0.717) is 12.4 Å². The summed E-state index contributed by atoms with van der Waals surface area (Å²) in [6, 6.07) is 26.5. The molecule has 0 saturated carbocycles. The van der Waals surface area contributed by atoms with Gasteiger partial charge in [-0.15, -0.1) is 0 Å². The van der Waals surface area contributed by atoms with Crippen LogP contribution >= 0.6 is 0 Å². The van der Waals surface area contributed by atoms with Gasteiger partial charge >= 0.3 is 5.97 Å². The van der Waals surface area contributed by atoms with Crippen molar-refractivity contribution in [3.8, 4) is 11.5 Å². The molecule has 3 aromatic carbocycles. The summed E-state index contributed by atoms with van der Waals surface area (Å²) in [6.07, 6.45) is 3.93. The number of likely N-dealkylation sites (N-methyl/N-ethyl adjacent to an activating group) is 1. The van der Waals surface area contributed by atoms with Crippen LogP contribution in [0.25, 0.3) is 5.57 Å². The molecule has 0 spiro atoms. The van der Waals surface area contributed by atoms with Crippen molar-refractivity contribution < 1.29 is 14.3 Å². The van der Waals surface area contributed by atoms with E-state index in [0.717, 1.165) is 25.1 Å². The molecular formula is C28H31NO3. The number of ether oxygens (including phenoxy) is 2. The molecule has 0 atom stereocenters. The molecular weight excluding hydrogens is 398 g/mol. The molecule has 3 aromatic rings. The second-order valence-corrected chi connectivity index (χ2v) is 8.01. The quantitative estimate of drug-likeness (QED) is 0.319. The van der Waals surface area contributed by atoms with Crippen LogP contribution in [0.2, 0.25) is 0 Å². The molecule has 4 heteroatoms. The zero-order valence-electron chi connectivity index (χ0n) is 19.1. The number of allylic oxidation sites excluding steroid dienone is 2. The minimum absolute atomic E-state index is 0.309. The van der Waals surface area contributed by atoms with Gasteiger partial charge in [0.15, 0.2) is 0 Å². The van der Waals surface area contributed by atoms with E-state index in [2.05, 4.69) is 47.4 Å². The number of hydrogen-bond acceptors (Lipinski definition) is 4. The monoisotopic (exact) mass is 429 g/mol. The summed E-state index contributed by atoms with van der Waals surface area (Å²) in [7, 11) is 4.08. The molecule has 0 aliphatic carbocycles. The first-order valence-electron chi connectivity index (χ1n) is 10.9. The lowest BCUT2D eigenvalue weighted by Crippen LogP contribution is -2.19. The molecule has 0 aliphatic rings. The van der Waals surface area contributed by atoms with E-state index in [1.54, 1.807) is 0 Å². The molecule has 0 aliphatic heterocycles. The average Bonchev–Trinajstić information content (AvgIpc) is 2.78. The van der Waals surface area contributed by atoms with Crippen LogP contribution < -0.4 is 9.47 Å².